The van der Waals surface area contributed by atoms with E-state index in [-0.39, 0.29) is 11.9 Å². The van der Waals surface area contributed by atoms with Crippen LogP contribution < -0.4 is 10.6 Å². The third-order valence-electron chi connectivity index (χ3n) is 4.67. The van der Waals surface area contributed by atoms with Crippen LogP contribution in [0.1, 0.15) is 37.8 Å². The lowest BCUT2D eigenvalue weighted by Crippen LogP contribution is -2.35. The van der Waals surface area contributed by atoms with Gasteiger partial charge in [0.2, 0.25) is 5.91 Å². The molecule has 1 aromatic rings. The highest BCUT2D eigenvalue weighted by Crippen LogP contribution is 2.29. The summed E-state index contributed by atoms with van der Waals surface area (Å²) in [5.41, 5.74) is 2.03. The maximum Gasteiger partial charge on any atom is 0.246 e. The monoisotopic (exact) mass is 287 g/mol. The fraction of sp³-hybridized carbons (Fsp3) is 0.588. The molecule has 0 bridgehead atoms. The Labute approximate surface area is 126 Å². The average Bonchev–Trinajstić information content (AvgIpc) is 2.81. The molecule has 1 amide bonds. The molecule has 4 heteroatoms. The zero-order valence-electron chi connectivity index (χ0n) is 12.8. The van der Waals surface area contributed by atoms with Gasteiger partial charge in [0.05, 0.1) is 0 Å². The molecule has 0 aliphatic carbocycles. The van der Waals surface area contributed by atoms with Crippen LogP contribution in [0.2, 0.25) is 0 Å². The van der Waals surface area contributed by atoms with Gasteiger partial charge in [0.1, 0.15) is 6.04 Å². The molecule has 1 atom stereocenters. The van der Waals surface area contributed by atoms with Crippen LogP contribution in [0.5, 0.6) is 0 Å². The molecule has 0 saturated carbocycles. The predicted molar refractivity (Wildman–Crippen MR) is 85.3 cm³/mol. The third-order valence-corrected chi connectivity index (χ3v) is 4.67. The molecule has 3 rings (SSSR count). The summed E-state index contributed by atoms with van der Waals surface area (Å²) >= 11 is 0. The number of carbonyl (C=O) groups is 1. The number of nitrogens with one attached hydrogen (secondary N) is 2. The molecule has 0 spiro atoms. The Morgan fingerprint density at radius 2 is 2.05 bits per heavy atom. The number of amides is 1. The minimum Gasteiger partial charge on any atom is -0.324 e. The van der Waals surface area contributed by atoms with E-state index in [1.165, 1.54) is 25.9 Å². The number of likely N-dealkylation sites (tertiary alicyclic amines) is 1. The van der Waals surface area contributed by atoms with Gasteiger partial charge < -0.3 is 15.5 Å². The van der Waals surface area contributed by atoms with E-state index >= 15 is 0 Å². The highest BCUT2D eigenvalue weighted by molar-refractivity contribution is 6.02. The quantitative estimate of drug-likeness (QED) is 0.817. The van der Waals surface area contributed by atoms with Crippen molar-refractivity contribution in [1.29, 1.82) is 0 Å². The van der Waals surface area contributed by atoms with Crippen molar-refractivity contribution in [3.8, 4) is 0 Å². The first kappa shape index (κ1) is 14.5. The zero-order valence-corrected chi connectivity index (χ0v) is 12.8. The van der Waals surface area contributed by atoms with Crippen LogP contribution in [0.25, 0.3) is 0 Å². The van der Waals surface area contributed by atoms with Crippen LogP contribution in [0, 0.1) is 5.92 Å². The van der Waals surface area contributed by atoms with Gasteiger partial charge in [0.15, 0.2) is 0 Å². The number of fused-ring (bicyclic) bond motifs is 1. The Balaban J connectivity index is 1.43. The van der Waals surface area contributed by atoms with Gasteiger partial charge in [0.25, 0.3) is 0 Å². The summed E-state index contributed by atoms with van der Waals surface area (Å²) in [7, 11) is 0. The van der Waals surface area contributed by atoms with Gasteiger partial charge in [-0.25, -0.2) is 0 Å². The number of para-hydroxylation sites is 1. The van der Waals surface area contributed by atoms with Crippen molar-refractivity contribution >= 4 is 11.6 Å². The fourth-order valence-corrected chi connectivity index (χ4v) is 3.25. The topological polar surface area (TPSA) is 44.4 Å². The Morgan fingerprint density at radius 3 is 2.86 bits per heavy atom. The number of hydrogen-bond acceptors (Lipinski definition) is 3. The first-order valence-corrected chi connectivity index (χ1v) is 8.09. The molecule has 0 radical (unpaired) electrons. The van der Waals surface area contributed by atoms with E-state index in [2.05, 4.69) is 22.5 Å². The van der Waals surface area contributed by atoms with E-state index in [1.807, 2.05) is 24.3 Å². The van der Waals surface area contributed by atoms with Gasteiger partial charge in [0, 0.05) is 11.3 Å². The maximum absolute atomic E-state index is 12.0. The largest absolute Gasteiger partial charge is 0.324 e. The Bertz CT molecular complexity index is 495. The molecule has 1 unspecified atom stereocenters. The number of carbonyl (C=O) groups excluding carboxylic acids is 1. The van der Waals surface area contributed by atoms with E-state index in [0.717, 1.165) is 36.7 Å². The third kappa shape index (κ3) is 3.44. The summed E-state index contributed by atoms with van der Waals surface area (Å²) in [5.74, 6) is 0.959. The summed E-state index contributed by atoms with van der Waals surface area (Å²) in [5, 5.41) is 6.33. The molecule has 1 saturated heterocycles. The van der Waals surface area contributed by atoms with Crippen molar-refractivity contribution in [3.05, 3.63) is 29.8 Å². The van der Waals surface area contributed by atoms with Crippen LogP contribution in [-0.2, 0) is 4.79 Å². The Hall–Kier alpha value is -1.39. The lowest BCUT2D eigenvalue weighted by molar-refractivity contribution is -0.117. The SMILES string of the molecule is CC1CCN(CCCNC2C(=O)Nc3ccccc32)CC1. The molecule has 1 aromatic carbocycles. The Kier molecular flexibility index (Phi) is 4.56. The minimum absolute atomic E-state index is 0.0722. The number of anilines is 1. The summed E-state index contributed by atoms with van der Waals surface area (Å²) in [6, 6.07) is 7.75. The van der Waals surface area contributed by atoms with Crippen LogP contribution in [0.4, 0.5) is 5.69 Å². The fourth-order valence-electron chi connectivity index (χ4n) is 3.25. The minimum atomic E-state index is -0.178. The molecule has 2 aliphatic rings. The standard InChI is InChI=1S/C17H25N3O/c1-13-7-11-20(12-8-13)10-4-9-18-16-14-5-2-3-6-15(14)19-17(16)21/h2-3,5-6,13,16,18H,4,7-12H2,1H3,(H,19,21). The van der Waals surface area contributed by atoms with Gasteiger partial charge in [-0.05, 0) is 57.4 Å². The smallest absolute Gasteiger partial charge is 0.246 e. The van der Waals surface area contributed by atoms with E-state index in [4.69, 9.17) is 0 Å². The normalized spacial score (nSPS) is 23.1. The molecule has 114 valence electrons. The van der Waals surface area contributed by atoms with Gasteiger partial charge in [-0.2, -0.15) is 0 Å². The van der Waals surface area contributed by atoms with Crippen molar-refractivity contribution in [3.63, 3.8) is 0 Å². The number of hydrogen-bond donors (Lipinski definition) is 2. The number of benzene rings is 1. The number of piperidine rings is 1. The van der Waals surface area contributed by atoms with Gasteiger partial charge in [-0.15, -0.1) is 0 Å². The Morgan fingerprint density at radius 1 is 1.29 bits per heavy atom. The second-order valence-corrected chi connectivity index (χ2v) is 6.34. The van der Waals surface area contributed by atoms with Gasteiger partial charge in [-0.1, -0.05) is 25.1 Å². The van der Waals surface area contributed by atoms with Crippen LogP contribution in [0.3, 0.4) is 0 Å². The molecule has 2 heterocycles. The molecular formula is C17H25N3O. The van der Waals surface area contributed by atoms with Crippen molar-refractivity contribution < 1.29 is 4.79 Å². The van der Waals surface area contributed by atoms with E-state index < -0.39 is 0 Å². The molecule has 0 aromatic heterocycles. The highest BCUT2D eigenvalue weighted by atomic mass is 16.2. The first-order chi connectivity index (χ1) is 10.2. The molecule has 2 aliphatic heterocycles. The van der Waals surface area contributed by atoms with E-state index in [0.29, 0.717) is 0 Å². The molecule has 1 fully saturated rings. The number of nitrogens with zero attached hydrogens (tertiary/aromatic N) is 1. The lowest BCUT2D eigenvalue weighted by atomic mass is 9.99. The lowest BCUT2D eigenvalue weighted by Gasteiger charge is -2.30. The van der Waals surface area contributed by atoms with Crippen molar-refractivity contribution in [1.82, 2.24) is 10.2 Å². The van der Waals surface area contributed by atoms with E-state index in [9.17, 15) is 4.79 Å². The highest BCUT2D eigenvalue weighted by Gasteiger charge is 2.29. The van der Waals surface area contributed by atoms with Crippen LogP contribution in [-0.4, -0.2) is 37.0 Å². The second-order valence-electron chi connectivity index (χ2n) is 6.34. The molecule has 4 nitrogen and oxygen atoms in total. The van der Waals surface area contributed by atoms with Crippen LogP contribution in [0.15, 0.2) is 24.3 Å². The van der Waals surface area contributed by atoms with Crippen LogP contribution >= 0.6 is 0 Å². The van der Waals surface area contributed by atoms with Crippen molar-refractivity contribution in [2.45, 2.75) is 32.2 Å². The summed E-state index contributed by atoms with van der Waals surface area (Å²) in [6.45, 7) is 6.82. The van der Waals surface area contributed by atoms with E-state index in [1.54, 1.807) is 0 Å². The average molecular weight is 287 g/mol. The summed E-state index contributed by atoms with van der Waals surface area (Å²) < 4.78 is 0. The zero-order chi connectivity index (χ0) is 14.7. The summed E-state index contributed by atoms with van der Waals surface area (Å²) in [4.78, 5) is 14.5. The van der Waals surface area contributed by atoms with Crippen molar-refractivity contribution in [2.24, 2.45) is 5.92 Å². The molecular weight excluding hydrogens is 262 g/mol. The molecule has 2 N–H and O–H groups in total. The van der Waals surface area contributed by atoms with Gasteiger partial charge in [-0.3, -0.25) is 4.79 Å². The maximum atomic E-state index is 12.0. The first-order valence-electron chi connectivity index (χ1n) is 8.09. The van der Waals surface area contributed by atoms with Crippen molar-refractivity contribution in [2.75, 3.05) is 31.5 Å². The predicted octanol–water partition coefficient (Wildman–Crippen LogP) is 2.39. The molecule has 21 heavy (non-hydrogen) atoms. The summed E-state index contributed by atoms with van der Waals surface area (Å²) in [6.07, 6.45) is 3.75. The second kappa shape index (κ2) is 6.58. The van der Waals surface area contributed by atoms with Gasteiger partial charge >= 0.3 is 0 Å². The number of rotatable bonds is 5.